The van der Waals surface area contributed by atoms with Gasteiger partial charge in [0.2, 0.25) is 0 Å². The van der Waals surface area contributed by atoms with Gasteiger partial charge in [-0.1, -0.05) is 13.8 Å². The molecule has 0 amide bonds. The Labute approximate surface area is 99.4 Å². The summed E-state index contributed by atoms with van der Waals surface area (Å²) in [5.41, 5.74) is 0. The molecule has 0 atom stereocenters. The van der Waals surface area contributed by atoms with E-state index in [0.29, 0.717) is 19.1 Å². The number of hydrogen-bond acceptors (Lipinski definition) is 3. The van der Waals surface area contributed by atoms with Crippen LogP contribution in [0.15, 0.2) is 0 Å². The molecule has 0 aliphatic rings. The van der Waals surface area contributed by atoms with E-state index in [0.717, 1.165) is 19.4 Å². The zero-order valence-electron chi connectivity index (χ0n) is 10.4. The molecule has 0 saturated carbocycles. The van der Waals surface area contributed by atoms with Gasteiger partial charge in [0.05, 0.1) is 5.75 Å². The van der Waals surface area contributed by atoms with E-state index in [1.165, 1.54) is 6.26 Å². The first-order valence-electron chi connectivity index (χ1n) is 5.58. The molecule has 0 N–H and O–H groups in total. The molecule has 0 unspecified atom stereocenters. The van der Waals surface area contributed by atoms with Gasteiger partial charge >= 0.3 is 0 Å². The average molecular weight is 246 g/mol. The van der Waals surface area contributed by atoms with Crippen molar-refractivity contribution >= 4 is 9.84 Å². The summed E-state index contributed by atoms with van der Waals surface area (Å²) < 4.78 is 22.0. The zero-order chi connectivity index (χ0) is 12.6. The second-order valence-electron chi connectivity index (χ2n) is 4.58. The highest BCUT2D eigenvalue weighted by atomic mass is 32.2. The van der Waals surface area contributed by atoms with Crippen LogP contribution in [0.3, 0.4) is 0 Å². The minimum Gasteiger partial charge on any atom is -0.299 e. The average Bonchev–Trinajstić information content (AvgIpc) is 2.12. The molecule has 4 nitrogen and oxygen atoms in total. The van der Waals surface area contributed by atoms with Crippen LogP contribution < -0.4 is 0 Å². The summed E-state index contributed by atoms with van der Waals surface area (Å²) in [5.74, 6) is 0.800. The van der Waals surface area contributed by atoms with Crippen LogP contribution >= 0.6 is 0 Å². The first-order valence-corrected chi connectivity index (χ1v) is 7.64. The van der Waals surface area contributed by atoms with Gasteiger partial charge in [-0.25, -0.2) is 19.9 Å². The van der Waals surface area contributed by atoms with Crippen molar-refractivity contribution in [2.24, 2.45) is 5.92 Å². The molecule has 94 valence electrons. The van der Waals surface area contributed by atoms with Gasteiger partial charge in [-0.3, -0.25) is 4.85 Å². The summed E-state index contributed by atoms with van der Waals surface area (Å²) in [6.45, 7) is 12.7. The Kier molecular flexibility index (Phi) is 7.35. The summed E-state index contributed by atoms with van der Waals surface area (Å²) in [4.78, 5) is 5.23. The van der Waals surface area contributed by atoms with Crippen molar-refractivity contribution in [3.63, 3.8) is 0 Å². The third kappa shape index (κ3) is 9.94. The predicted molar refractivity (Wildman–Crippen MR) is 66.8 cm³/mol. The van der Waals surface area contributed by atoms with Crippen LogP contribution in [0.5, 0.6) is 0 Å². The Morgan fingerprint density at radius 1 is 1.31 bits per heavy atom. The standard InChI is InChI=1S/C11H22N2O2S/c1-11(2)6-5-7-13(10-12-3)8-9-16(4,14)15/h11H,5-10H2,1-2,4H3. The first kappa shape index (κ1) is 15.4. The topological polar surface area (TPSA) is 41.7 Å². The molecular formula is C11H22N2O2S. The number of nitrogens with zero attached hydrogens (tertiary/aromatic N) is 2. The molecule has 0 aliphatic heterocycles. The van der Waals surface area contributed by atoms with Crippen molar-refractivity contribution in [2.75, 3.05) is 31.8 Å². The van der Waals surface area contributed by atoms with E-state index in [1.54, 1.807) is 0 Å². The largest absolute Gasteiger partial charge is 0.299 e. The van der Waals surface area contributed by atoms with Gasteiger partial charge in [-0.2, -0.15) is 0 Å². The highest BCUT2D eigenvalue weighted by molar-refractivity contribution is 7.90. The predicted octanol–water partition coefficient (Wildman–Crippen LogP) is 1.65. The van der Waals surface area contributed by atoms with Crippen molar-refractivity contribution in [3.05, 3.63) is 11.4 Å². The molecule has 16 heavy (non-hydrogen) atoms. The lowest BCUT2D eigenvalue weighted by Crippen LogP contribution is -2.30. The number of hydrogen-bond donors (Lipinski definition) is 0. The third-order valence-electron chi connectivity index (χ3n) is 2.30. The molecule has 0 aromatic rings. The van der Waals surface area contributed by atoms with Crippen molar-refractivity contribution in [3.8, 4) is 0 Å². The van der Waals surface area contributed by atoms with Gasteiger partial charge in [0.1, 0.15) is 9.84 Å². The van der Waals surface area contributed by atoms with Crippen LogP contribution in [0.1, 0.15) is 26.7 Å². The van der Waals surface area contributed by atoms with Crippen LogP contribution in [-0.2, 0) is 9.84 Å². The van der Waals surface area contributed by atoms with Crippen LogP contribution in [0.2, 0.25) is 0 Å². The number of rotatable bonds is 8. The molecule has 5 heteroatoms. The molecule has 0 fully saturated rings. The highest BCUT2D eigenvalue weighted by Gasteiger charge is 2.11. The molecule has 0 rings (SSSR count). The van der Waals surface area contributed by atoms with Crippen LogP contribution in [0.4, 0.5) is 0 Å². The lowest BCUT2D eigenvalue weighted by Gasteiger charge is -2.16. The van der Waals surface area contributed by atoms with Gasteiger partial charge in [0.25, 0.3) is 6.67 Å². The van der Waals surface area contributed by atoms with E-state index < -0.39 is 9.84 Å². The van der Waals surface area contributed by atoms with Crippen LogP contribution in [0.25, 0.3) is 4.85 Å². The van der Waals surface area contributed by atoms with Crippen molar-refractivity contribution < 1.29 is 8.42 Å². The fraction of sp³-hybridized carbons (Fsp3) is 0.909. The SMILES string of the molecule is [C-]#[N+]CN(CCCC(C)C)CCS(C)(=O)=O. The van der Waals surface area contributed by atoms with Gasteiger partial charge in [-0.05, 0) is 18.8 Å². The zero-order valence-corrected chi connectivity index (χ0v) is 11.3. The summed E-state index contributed by atoms with van der Waals surface area (Å²) in [6.07, 6.45) is 3.38. The molecule has 0 aromatic carbocycles. The lowest BCUT2D eigenvalue weighted by atomic mass is 10.1. The Balaban J connectivity index is 3.94. The quantitative estimate of drug-likeness (QED) is 0.611. The molecule has 0 radical (unpaired) electrons. The minimum absolute atomic E-state index is 0.143. The lowest BCUT2D eigenvalue weighted by molar-refractivity contribution is 0.303. The van der Waals surface area contributed by atoms with E-state index in [4.69, 9.17) is 6.57 Å². The Hall–Kier alpha value is -0.600. The monoisotopic (exact) mass is 246 g/mol. The Bertz CT molecular complexity index is 317. The Morgan fingerprint density at radius 3 is 2.38 bits per heavy atom. The van der Waals surface area contributed by atoms with E-state index in [1.807, 2.05) is 4.90 Å². The van der Waals surface area contributed by atoms with Gasteiger partial charge in [-0.15, -0.1) is 0 Å². The second-order valence-corrected chi connectivity index (χ2v) is 6.84. The maximum Gasteiger partial charge on any atom is 0.270 e. The van der Waals surface area contributed by atoms with Gasteiger partial charge < -0.3 is 0 Å². The number of sulfone groups is 1. The second kappa shape index (κ2) is 7.64. The molecule has 0 spiro atoms. The van der Waals surface area contributed by atoms with E-state index in [9.17, 15) is 8.42 Å². The molecule has 0 aromatic heterocycles. The Morgan fingerprint density at radius 2 is 1.94 bits per heavy atom. The van der Waals surface area contributed by atoms with Crippen molar-refractivity contribution in [1.29, 1.82) is 0 Å². The summed E-state index contributed by atoms with van der Waals surface area (Å²) >= 11 is 0. The maximum absolute atomic E-state index is 11.0. The molecule has 0 aliphatic carbocycles. The molecule has 0 saturated heterocycles. The van der Waals surface area contributed by atoms with Crippen molar-refractivity contribution in [2.45, 2.75) is 26.7 Å². The highest BCUT2D eigenvalue weighted by Crippen LogP contribution is 2.05. The van der Waals surface area contributed by atoms with Crippen LogP contribution in [0, 0.1) is 12.5 Å². The smallest absolute Gasteiger partial charge is 0.270 e. The normalized spacial score (nSPS) is 12.0. The van der Waals surface area contributed by atoms with Gasteiger partial charge in [0.15, 0.2) is 0 Å². The summed E-state index contributed by atoms with van der Waals surface area (Å²) in [6, 6.07) is 0. The molecule has 0 heterocycles. The fourth-order valence-electron chi connectivity index (χ4n) is 1.37. The van der Waals surface area contributed by atoms with E-state index in [2.05, 4.69) is 18.7 Å². The molecule has 0 bridgehead atoms. The first-order chi connectivity index (χ1) is 7.35. The summed E-state index contributed by atoms with van der Waals surface area (Å²) in [5, 5.41) is 0. The maximum atomic E-state index is 11.0. The van der Waals surface area contributed by atoms with Crippen LogP contribution in [-0.4, -0.2) is 45.1 Å². The molecular weight excluding hydrogens is 224 g/mol. The van der Waals surface area contributed by atoms with Crippen molar-refractivity contribution in [1.82, 2.24) is 4.90 Å². The van der Waals surface area contributed by atoms with E-state index in [-0.39, 0.29) is 5.75 Å². The third-order valence-corrected chi connectivity index (χ3v) is 3.23. The summed E-state index contributed by atoms with van der Waals surface area (Å²) in [7, 11) is -2.92. The van der Waals surface area contributed by atoms with Gasteiger partial charge in [0, 0.05) is 19.3 Å². The fourth-order valence-corrected chi connectivity index (χ4v) is 1.96. The van der Waals surface area contributed by atoms with E-state index >= 15 is 0 Å². The minimum atomic E-state index is -2.92.